The molecule has 30 heavy (non-hydrogen) atoms. The van der Waals surface area contributed by atoms with Crippen molar-refractivity contribution in [3.63, 3.8) is 0 Å². The van der Waals surface area contributed by atoms with Crippen molar-refractivity contribution in [3.05, 3.63) is 64.2 Å². The number of nitrogens with one attached hydrogen (secondary N) is 1. The van der Waals surface area contributed by atoms with Crippen LogP contribution in [0.1, 0.15) is 18.4 Å². The van der Waals surface area contributed by atoms with Gasteiger partial charge in [-0.2, -0.15) is 0 Å². The van der Waals surface area contributed by atoms with Crippen molar-refractivity contribution in [2.45, 2.75) is 24.7 Å². The molecule has 9 heteroatoms. The number of aryl methyl sites for hydroxylation is 1. The summed E-state index contributed by atoms with van der Waals surface area (Å²) in [5, 5.41) is 11.1. The smallest absolute Gasteiger partial charge is 0.289 e. The molecule has 0 aromatic heterocycles. The van der Waals surface area contributed by atoms with E-state index in [4.69, 9.17) is 0 Å². The van der Waals surface area contributed by atoms with Crippen molar-refractivity contribution >= 4 is 21.4 Å². The van der Waals surface area contributed by atoms with E-state index >= 15 is 0 Å². The molecule has 1 heterocycles. The molecule has 0 bridgehead atoms. The lowest BCUT2D eigenvalue weighted by molar-refractivity contribution is -0.387. The third-order valence-electron chi connectivity index (χ3n) is 5.28. The predicted octanol–water partition coefficient (Wildman–Crippen LogP) is 2.78. The third-order valence-corrected chi connectivity index (χ3v) is 6.79. The van der Waals surface area contributed by atoms with Gasteiger partial charge in [-0.05, 0) is 50.1 Å². The molecule has 0 spiro atoms. The molecule has 8 nitrogen and oxygen atoms in total. The molecule has 3 rings (SSSR count). The number of sulfonamides is 1. The summed E-state index contributed by atoms with van der Waals surface area (Å²) in [5.41, 5.74) is 2.12. The molecule has 1 N–H and O–H groups in total. The van der Waals surface area contributed by atoms with Gasteiger partial charge >= 0.3 is 0 Å². The molecule has 1 fully saturated rings. The van der Waals surface area contributed by atoms with E-state index < -0.39 is 20.6 Å². The standard InChI is InChI=1S/C21H28N4O4S/c1-18-7-6-8-19(17-18)24-15-13-23(14-16-24)12-5-4-11-22-30(28,29)21-10-3-2-9-20(21)25(26)27/h2-3,6-10,17,22H,4-5,11-16H2,1H3. The highest BCUT2D eigenvalue weighted by Crippen LogP contribution is 2.22. The van der Waals surface area contributed by atoms with Crippen LogP contribution in [-0.2, 0) is 10.0 Å². The van der Waals surface area contributed by atoms with Gasteiger partial charge in [0.25, 0.3) is 5.69 Å². The summed E-state index contributed by atoms with van der Waals surface area (Å²) in [5.74, 6) is 0. The van der Waals surface area contributed by atoms with Crippen LogP contribution in [0.2, 0.25) is 0 Å². The van der Waals surface area contributed by atoms with Gasteiger partial charge in [0.05, 0.1) is 4.92 Å². The highest BCUT2D eigenvalue weighted by atomic mass is 32.2. The number of unbranched alkanes of at least 4 members (excludes halogenated alkanes) is 1. The van der Waals surface area contributed by atoms with E-state index in [0.29, 0.717) is 6.42 Å². The molecule has 162 valence electrons. The second-order valence-electron chi connectivity index (χ2n) is 7.50. The number of para-hydroxylation sites is 1. The molecule has 0 unspecified atom stereocenters. The highest BCUT2D eigenvalue weighted by Gasteiger charge is 2.24. The SMILES string of the molecule is Cc1cccc(N2CCN(CCCCNS(=O)(=O)c3ccccc3[N+](=O)[O-])CC2)c1. The fourth-order valence-electron chi connectivity index (χ4n) is 3.63. The van der Waals surface area contributed by atoms with Crippen LogP contribution in [0.25, 0.3) is 0 Å². The molecule has 0 atom stereocenters. The van der Waals surface area contributed by atoms with Gasteiger partial charge in [0.15, 0.2) is 4.90 Å². The Hall–Kier alpha value is -2.49. The minimum Gasteiger partial charge on any atom is -0.369 e. The molecular weight excluding hydrogens is 404 g/mol. The van der Waals surface area contributed by atoms with Crippen molar-refractivity contribution in [1.29, 1.82) is 0 Å². The third kappa shape index (κ3) is 5.78. The Balaban J connectivity index is 1.39. The van der Waals surface area contributed by atoms with Crippen LogP contribution in [0.5, 0.6) is 0 Å². The quantitative estimate of drug-likeness (QED) is 0.372. The van der Waals surface area contributed by atoms with Crippen molar-refractivity contribution in [1.82, 2.24) is 9.62 Å². The van der Waals surface area contributed by atoms with E-state index in [1.54, 1.807) is 0 Å². The molecule has 0 amide bonds. The molecule has 0 saturated carbocycles. The van der Waals surface area contributed by atoms with Crippen LogP contribution >= 0.6 is 0 Å². The molecule has 0 radical (unpaired) electrons. The molecule has 1 aliphatic rings. The summed E-state index contributed by atoms with van der Waals surface area (Å²) < 4.78 is 27.3. The first kappa shape index (κ1) is 22.2. The summed E-state index contributed by atoms with van der Waals surface area (Å²) in [6.07, 6.45) is 1.54. The van der Waals surface area contributed by atoms with E-state index in [-0.39, 0.29) is 11.4 Å². The summed E-state index contributed by atoms with van der Waals surface area (Å²) in [7, 11) is -3.89. The van der Waals surface area contributed by atoms with Gasteiger partial charge in [0.2, 0.25) is 10.0 Å². The molecule has 0 aliphatic carbocycles. The summed E-state index contributed by atoms with van der Waals surface area (Å²) in [6, 6.07) is 13.9. The van der Waals surface area contributed by atoms with Crippen molar-refractivity contribution < 1.29 is 13.3 Å². The number of benzene rings is 2. The lowest BCUT2D eigenvalue weighted by Crippen LogP contribution is -2.46. The van der Waals surface area contributed by atoms with Gasteiger partial charge in [-0.1, -0.05) is 24.3 Å². The fourth-order valence-corrected chi connectivity index (χ4v) is 4.88. The second kappa shape index (κ2) is 10.0. The maximum Gasteiger partial charge on any atom is 0.289 e. The summed E-state index contributed by atoms with van der Waals surface area (Å²) in [4.78, 5) is 14.9. The zero-order valence-corrected chi connectivity index (χ0v) is 18.0. The number of nitro groups is 1. The second-order valence-corrected chi connectivity index (χ2v) is 9.23. The van der Waals surface area contributed by atoms with Crippen LogP contribution in [0.15, 0.2) is 53.4 Å². The maximum absolute atomic E-state index is 12.4. The number of piperazine rings is 1. The zero-order chi connectivity index (χ0) is 21.6. The number of rotatable bonds is 9. The van der Waals surface area contributed by atoms with Crippen LogP contribution in [0, 0.1) is 17.0 Å². The number of hydrogen-bond donors (Lipinski definition) is 1. The van der Waals surface area contributed by atoms with Gasteiger partial charge in [-0.15, -0.1) is 0 Å². The molecule has 2 aromatic carbocycles. The van der Waals surface area contributed by atoms with Gasteiger partial charge in [0.1, 0.15) is 0 Å². The number of anilines is 1. The molecule has 2 aromatic rings. The minimum atomic E-state index is -3.89. The normalized spacial score (nSPS) is 15.3. The van der Waals surface area contributed by atoms with Crippen molar-refractivity contribution in [2.24, 2.45) is 0 Å². The monoisotopic (exact) mass is 432 g/mol. The largest absolute Gasteiger partial charge is 0.369 e. The number of nitro benzene ring substituents is 1. The summed E-state index contributed by atoms with van der Waals surface area (Å²) in [6.45, 7) is 7.20. The molecular formula is C21H28N4O4S. The molecule has 1 saturated heterocycles. The van der Waals surface area contributed by atoms with Crippen molar-refractivity contribution in [3.8, 4) is 0 Å². The topological polar surface area (TPSA) is 95.8 Å². The highest BCUT2D eigenvalue weighted by molar-refractivity contribution is 7.89. The van der Waals surface area contributed by atoms with Gasteiger partial charge in [0, 0.05) is 44.5 Å². The first-order chi connectivity index (χ1) is 14.4. The predicted molar refractivity (Wildman–Crippen MR) is 117 cm³/mol. The van der Waals surface area contributed by atoms with Crippen LogP contribution < -0.4 is 9.62 Å². The average Bonchev–Trinajstić information content (AvgIpc) is 2.74. The lowest BCUT2D eigenvalue weighted by atomic mass is 10.2. The van der Waals surface area contributed by atoms with Crippen LogP contribution in [-0.4, -0.2) is 57.5 Å². The lowest BCUT2D eigenvalue weighted by Gasteiger charge is -2.36. The Morgan fingerprint density at radius 3 is 2.47 bits per heavy atom. The fraction of sp³-hybridized carbons (Fsp3) is 0.429. The van der Waals surface area contributed by atoms with E-state index in [9.17, 15) is 18.5 Å². The molecule has 1 aliphatic heterocycles. The maximum atomic E-state index is 12.4. The van der Waals surface area contributed by atoms with E-state index in [2.05, 4.69) is 45.7 Å². The van der Waals surface area contributed by atoms with Crippen LogP contribution in [0.4, 0.5) is 11.4 Å². The van der Waals surface area contributed by atoms with Gasteiger partial charge < -0.3 is 4.90 Å². The average molecular weight is 433 g/mol. The van der Waals surface area contributed by atoms with Gasteiger partial charge in [-0.3, -0.25) is 15.0 Å². The zero-order valence-electron chi connectivity index (χ0n) is 17.2. The number of nitrogens with zero attached hydrogens (tertiary/aromatic N) is 3. The Morgan fingerprint density at radius 1 is 1.03 bits per heavy atom. The Labute approximate surface area is 177 Å². The van der Waals surface area contributed by atoms with E-state index in [1.807, 2.05) is 0 Å². The first-order valence-electron chi connectivity index (χ1n) is 10.1. The van der Waals surface area contributed by atoms with Gasteiger partial charge in [-0.25, -0.2) is 13.1 Å². The van der Waals surface area contributed by atoms with E-state index in [1.165, 1.54) is 35.5 Å². The Kier molecular flexibility index (Phi) is 7.41. The van der Waals surface area contributed by atoms with Crippen molar-refractivity contribution in [2.75, 3.05) is 44.2 Å². The summed E-state index contributed by atoms with van der Waals surface area (Å²) >= 11 is 0. The van der Waals surface area contributed by atoms with E-state index in [0.717, 1.165) is 39.1 Å². The number of hydrogen-bond acceptors (Lipinski definition) is 6. The van der Waals surface area contributed by atoms with Crippen LogP contribution in [0.3, 0.4) is 0 Å². The minimum absolute atomic E-state index is 0.262. The Bertz CT molecular complexity index is 972. The Morgan fingerprint density at radius 2 is 1.77 bits per heavy atom. The first-order valence-corrected chi connectivity index (χ1v) is 11.6.